The molecular weight excluding hydrogens is 578 g/mol. The summed E-state index contributed by atoms with van der Waals surface area (Å²) in [5.74, 6) is 0.701. The average molecular weight is 615 g/mol. The van der Waals surface area contributed by atoms with E-state index in [4.69, 9.17) is 9.57 Å². The van der Waals surface area contributed by atoms with Gasteiger partial charge in [-0.2, -0.15) is 0 Å². The number of nitrogens with one attached hydrogen (secondary N) is 1. The van der Waals surface area contributed by atoms with Crippen molar-refractivity contribution in [1.82, 2.24) is 10.4 Å². The molecule has 0 heterocycles. The van der Waals surface area contributed by atoms with Crippen molar-refractivity contribution in [1.29, 1.82) is 0 Å². The Morgan fingerprint density at radius 1 is 0.818 bits per heavy atom. The quantitative estimate of drug-likeness (QED) is 0.153. The maximum absolute atomic E-state index is 13.1. The Balaban J connectivity index is 1.32. The molecule has 2 unspecified atom stereocenters. The number of hydrogen-bond donors (Lipinski definition) is 1. The highest BCUT2D eigenvalue weighted by Gasteiger charge is 2.29. The van der Waals surface area contributed by atoms with Gasteiger partial charge in [0.05, 0.1) is 6.61 Å². The normalized spacial score (nSPS) is 12.2. The van der Waals surface area contributed by atoms with E-state index in [1.807, 2.05) is 85.8 Å². The minimum atomic E-state index is -2.67. The third-order valence-electron chi connectivity index (χ3n) is 6.88. The lowest BCUT2D eigenvalue weighted by Gasteiger charge is -2.35. The molecule has 4 rings (SSSR count). The number of hydroxylamine groups is 1. The maximum atomic E-state index is 13.1. The van der Waals surface area contributed by atoms with Crippen LogP contribution >= 0.6 is 0 Å². The number of anilines is 1. The van der Waals surface area contributed by atoms with Crippen molar-refractivity contribution < 1.29 is 27.9 Å². The number of carbonyl (C=O) groups is 2. The fraction of sp³-hybridized carbons (Fsp3) is 0.235. The monoisotopic (exact) mass is 614 g/mol. The van der Waals surface area contributed by atoms with Gasteiger partial charge in [0.25, 0.3) is 0 Å². The molecule has 4 aromatic carbocycles. The summed E-state index contributed by atoms with van der Waals surface area (Å²) in [4.78, 5) is 31.9. The zero-order chi connectivity index (χ0) is 31.5. The Morgan fingerprint density at radius 2 is 1.41 bits per heavy atom. The van der Waals surface area contributed by atoms with E-state index in [9.17, 15) is 18.4 Å². The molecule has 10 heteroatoms. The molecule has 0 aromatic heterocycles. The SMILES string of the molecule is Cc1ccc(N(C(Cc2ccc(Oc3ccc(CCC(=O)NOCc4ccccc4)cc3)cc2)C(=O)N(C)C)S(=O)[O-])cc1. The minimum Gasteiger partial charge on any atom is -0.755 e. The second-order valence-corrected chi connectivity index (χ2v) is 11.3. The highest BCUT2D eigenvalue weighted by atomic mass is 32.2. The first kappa shape index (κ1) is 32.4. The van der Waals surface area contributed by atoms with E-state index in [0.29, 0.717) is 30.2 Å². The summed E-state index contributed by atoms with van der Waals surface area (Å²) in [7, 11) is 3.21. The molecule has 0 aliphatic heterocycles. The van der Waals surface area contributed by atoms with Crippen molar-refractivity contribution in [2.24, 2.45) is 0 Å². The third kappa shape index (κ3) is 9.50. The maximum Gasteiger partial charge on any atom is 0.246 e. The number of likely N-dealkylation sites (N-methyl/N-ethyl adjacent to an activating group) is 1. The fourth-order valence-electron chi connectivity index (χ4n) is 4.49. The molecule has 2 atom stereocenters. The van der Waals surface area contributed by atoms with E-state index in [0.717, 1.165) is 26.6 Å². The summed E-state index contributed by atoms with van der Waals surface area (Å²) in [6.45, 7) is 2.22. The second kappa shape index (κ2) is 15.8. The summed E-state index contributed by atoms with van der Waals surface area (Å²) in [6.07, 6.45) is 1.02. The number of rotatable bonds is 14. The number of nitrogens with zero attached hydrogens (tertiary/aromatic N) is 2. The Bertz CT molecular complexity index is 1530. The highest BCUT2D eigenvalue weighted by molar-refractivity contribution is 7.80. The Kier molecular flexibility index (Phi) is 11.6. The van der Waals surface area contributed by atoms with Crippen molar-refractivity contribution in [3.63, 3.8) is 0 Å². The van der Waals surface area contributed by atoms with E-state index >= 15 is 0 Å². The predicted molar refractivity (Wildman–Crippen MR) is 169 cm³/mol. The number of amides is 2. The van der Waals surface area contributed by atoms with Gasteiger partial charge >= 0.3 is 0 Å². The molecule has 230 valence electrons. The lowest BCUT2D eigenvalue weighted by molar-refractivity contribution is -0.134. The van der Waals surface area contributed by atoms with Crippen LogP contribution in [0.5, 0.6) is 11.5 Å². The van der Waals surface area contributed by atoms with E-state index in [1.165, 1.54) is 4.90 Å². The fourth-order valence-corrected chi connectivity index (χ4v) is 5.16. The van der Waals surface area contributed by atoms with Crippen molar-refractivity contribution in [3.05, 3.63) is 125 Å². The first-order valence-electron chi connectivity index (χ1n) is 14.2. The number of hydrogen-bond acceptors (Lipinski definition) is 6. The molecule has 0 spiro atoms. The molecule has 2 amide bonds. The molecular formula is C34H36N3O6S-. The van der Waals surface area contributed by atoms with Crippen LogP contribution in [0.1, 0.15) is 28.7 Å². The van der Waals surface area contributed by atoms with Crippen LogP contribution in [0.15, 0.2) is 103 Å². The molecule has 0 aliphatic rings. The Hall–Kier alpha value is -4.51. The Morgan fingerprint density at radius 3 is 1.98 bits per heavy atom. The van der Waals surface area contributed by atoms with Crippen LogP contribution in [0.25, 0.3) is 0 Å². The van der Waals surface area contributed by atoms with Gasteiger partial charge in [-0.25, -0.2) is 5.48 Å². The smallest absolute Gasteiger partial charge is 0.246 e. The van der Waals surface area contributed by atoms with Gasteiger partial charge in [0.2, 0.25) is 11.8 Å². The van der Waals surface area contributed by atoms with E-state index in [-0.39, 0.29) is 24.7 Å². The summed E-state index contributed by atoms with van der Waals surface area (Å²) in [5, 5.41) is 0. The summed E-state index contributed by atoms with van der Waals surface area (Å²) >= 11 is -2.67. The van der Waals surface area contributed by atoms with Crippen molar-refractivity contribution in [2.75, 3.05) is 18.4 Å². The zero-order valence-electron chi connectivity index (χ0n) is 25.0. The summed E-state index contributed by atoms with van der Waals surface area (Å²) < 4.78 is 31.7. The van der Waals surface area contributed by atoms with Gasteiger partial charge in [0, 0.05) is 43.9 Å². The van der Waals surface area contributed by atoms with Gasteiger partial charge < -0.3 is 14.2 Å². The van der Waals surface area contributed by atoms with Crippen LogP contribution in [0.4, 0.5) is 5.69 Å². The molecule has 0 saturated carbocycles. The number of carbonyl (C=O) groups excluding carboxylic acids is 2. The molecule has 0 fully saturated rings. The van der Waals surface area contributed by atoms with E-state index in [1.54, 1.807) is 38.4 Å². The zero-order valence-corrected chi connectivity index (χ0v) is 25.8. The lowest BCUT2D eigenvalue weighted by atomic mass is 10.0. The molecule has 9 nitrogen and oxygen atoms in total. The minimum absolute atomic E-state index is 0.179. The number of benzene rings is 4. The van der Waals surface area contributed by atoms with Gasteiger partial charge in [-0.05, 0) is 66.4 Å². The first-order chi connectivity index (χ1) is 21.2. The topological polar surface area (TPSA) is 111 Å². The van der Waals surface area contributed by atoms with Gasteiger partial charge in [-0.3, -0.25) is 22.9 Å². The largest absolute Gasteiger partial charge is 0.755 e. The first-order valence-corrected chi connectivity index (χ1v) is 15.2. The number of ether oxygens (including phenoxy) is 1. The van der Waals surface area contributed by atoms with Crippen LogP contribution in [0.2, 0.25) is 0 Å². The number of aryl methyl sites for hydroxylation is 2. The molecule has 1 N–H and O–H groups in total. The van der Waals surface area contributed by atoms with Crippen LogP contribution in [-0.2, 0) is 45.1 Å². The van der Waals surface area contributed by atoms with Gasteiger partial charge in [0.15, 0.2) is 0 Å². The van der Waals surface area contributed by atoms with Crippen LogP contribution in [-0.4, -0.2) is 45.6 Å². The standard InChI is InChI=1S/C34H37N3O6S/c1-25-9-16-29(17-10-25)37(44(40)41)32(34(39)36(2)3)23-27-13-20-31(21-14-27)43-30-18-11-26(12-19-30)15-22-33(38)35-42-24-28-7-5-4-6-8-28/h4-14,16-21,32H,15,22-24H2,1-3H3,(H,35,38)(H,40,41)/p-1. The lowest BCUT2D eigenvalue weighted by Crippen LogP contribution is -2.48. The van der Waals surface area contributed by atoms with Crippen molar-refractivity contribution in [3.8, 4) is 11.5 Å². The van der Waals surface area contributed by atoms with Crippen molar-refractivity contribution in [2.45, 2.75) is 38.8 Å². The van der Waals surface area contributed by atoms with Crippen LogP contribution in [0.3, 0.4) is 0 Å². The van der Waals surface area contributed by atoms with Gasteiger partial charge in [-0.1, -0.05) is 72.3 Å². The average Bonchev–Trinajstić information content (AvgIpc) is 3.02. The third-order valence-corrected chi connectivity index (χ3v) is 7.66. The van der Waals surface area contributed by atoms with Crippen molar-refractivity contribution >= 4 is 28.8 Å². The summed E-state index contributed by atoms with van der Waals surface area (Å²) in [5.41, 5.74) is 6.62. The van der Waals surface area contributed by atoms with Crippen LogP contribution < -0.4 is 14.5 Å². The molecule has 0 saturated heterocycles. The predicted octanol–water partition coefficient (Wildman–Crippen LogP) is 5.27. The Labute approximate surface area is 260 Å². The molecule has 0 radical (unpaired) electrons. The molecule has 0 bridgehead atoms. The highest BCUT2D eigenvalue weighted by Crippen LogP contribution is 2.26. The van der Waals surface area contributed by atoms with E-state index < -0.39 is 17.3 Å². The van der Waals surface area contributed by atoms with Crippen LogP contribution in [0, 0.1) is 6.92 Å². The van der Waals surface area contributed by atoms with Gasteiger partial charge in [-0.15, -0.1) is 0 Å². The second-order valence-electron chi connectivity index (χ2n) is 10.5. The molecule has 0 aliphatic carbocycles. The molecule has 44 heavy (non-hydrogen) atoms. The van der Waals surface area contributed by atoms with E-state index in [2.05, 4.69) is 5.48 Å². The molecule has 4 aromatic rings. The van der Waals surface area contributed by atoms with Gasteiger partial charge in [0.1, 0.15) is 17.5 Å². The summed E-state index contributed by atoms with van der Waals surface area (Å²) in [6, 6.07) is 30.3.